The predicted molar refractivity (Wildman–Crippen MR) is 78.8 cm³/mol. The summed E-state index contributed by atoms with van der Waals surface area (Å²) in [4.78, 5) is 1.95. The summed E-state index contributed by atoms with van der Waals surface area (Å²) in [5.74, 6) is -1.40. The van der Waals surface area contributed by atoms with Crippen LogP contribution in [0.1, 0.15) is 19.8 Å². The molecule has 1 fully saturated rings. The fourth-order valence-electron chi connectivity index (χ4n) is 2.50. The van der Waals surface area contributed by atoms with E-state index < -0.39 is 21.7 Å². The molecule has 1 atom stereocenters. The first kappa shape index (κ1) is 16.2. The molecule has 1 aliphatic heterocycles. The molecular weight excluding hydrogens is 298 g/mol. The minimum Gasteiger partial charge on any atom is -0.371 e. The lowest BCUT2D eigenvalue weighted by Crippen LogP contribution is -2.32. The van der Waals surface area contributed by atoms with Crippen LogP contribution >= 0.6 is 0 Å². The topological polar surface area (TPSA) is 49.4 Å². The molecule has 21 heavy (non-hydrogen) atoms. The molecule has 0 spiro atoms. The van der Waals surface area contributed by atoms with Crippen LogP contribution in [-0.2, 0) is 10.0 Å². The Balaban J connectivity index is 1.90. The van der Waals surface area contributed by atoms with E-state index in [4.69, 9.17) is 0 Å². The Labute approximate surface area is 124 Å². The average molecular weight is 318 g/mol. The first-order chi connectivity index (χ1) is 9.91. The number of nitrogens with one attached hydrogen (secondary N) is 1. The Morgan fingerprint density at radius 1 is 1.33 bits per heavy atom. The van der Waals surface area contributed by atoms with Gasteiger partial charge in [0.25, 0.3) is 0 Å². The van der Waals surface area contributed by atoms with Crippen LogP contribution in [0, 0.1) is 17.6 Å². The van der Waals surface area contributed by atoms with Crippen LogP contribution in [0.2, 0.25) is 0 Å². The van der Waals surface area contributed by atoms with E-state index in [-0.39, 0.29) is 11.7 Å². The molecule has 1 aliphatic rings. The molecular formula is C14H20F2N2O2S. The van der Waals surface area contributed by atoms with Crippen molar-refractivity contribution in [3.05, 3.63) is 29.8 Å². The minimum atomic E-state index is -3.19. The van der Waals surface area contributed by atoms with E-state index in [9.17, 15) is 17.2 Å². The van der Waals surface area contributed by atoms with Gasteiger partial charge in [0.1, 0.15) is 0 Å². The second kappa shape index (κ2) is 6.70. The van der Waals surface area contributed by atoms with Crippen molar-refractivity contribution in [1.82, 2.24) is 4.72 Å². The van der Waals surface area contributed by atoms with Crippen LogP contribution in [0.4, 0.5) is 14.5 Å². The van der Waals surface area contributed by atoms with Crippen molar-refractivity contribution in [2.75, 3.05) is 30.3 Å². The average Bonchev–Trinajstić information content (AvgIpc) is 2.89. The normalized spacial score (nSPS) is 19.2. The summed E-state index contributed by atoms with van der Waals surface area (Å²) < 4.78 is 52.0. The van der Waals surface area contributed by atoms with Gasteiger partial charge in [-0.3, -0.25) is 0 Å². The van der Waals surface area contributed by atoms with Gasteiger partial charge in [0.05, 0.1) is 5.75 Å². The maximum atomic E-state index is 13.2. The molecule has 1 saturated heterocycles. The lowest BCUT2D eigenvalue weighted by Gasteiger charge is -2.19. The number of nitrogens with zero attached hydrogens (tertiary/aromatic N) is 1. The summed E-state index contributed by atoms with van der Waals surface area (Å²) in [5.41, 5.74) is 0.632. The first-order valence-corrected chi connectivity index (χ1v) is 8.74. The zero-order valence-corrected chi connectivity index (χ0v) is 12.8. The summed E-state index contributed by atoms with van der Waals surface area (Å²) in [6.45, 7) is 3.56. The second-order valence-electron chi connectivity index (χ2n) is 5.37. The SMILES string of the molecule is CCCS(=O)(=O)NCC1CCN(c2ccc(F)c(F)c2)C1. The molecule has 1 unspecified atom stereocenters. The molecule has 0 aromatic heterocycles. The molecule has 2 rings (SSSR count). The summed E-state index contributed by atoms with van der Waals surface area (Å²) in [6, 6.07) is 3.84. The fraction of sp³-hybridized carbons (Fsp3) is 0.571. The van der Waals surface area contributed by atoms with E-state index in [1.807, 2.05) is 11.8 Å². The Morgan fingerprint density at radius 2 is 2.10 bits per heavy atom. The van der Waals surface area contributed by atoms with E-state index in [1.165, 1.54) is 6.07 Å². The van der Waals surface area contributed by atoms with Gasteiger partial charge in [0.2, 0.25) is 10.0 Å². The van der Waals surface area contributed by atoms with Crippen LogP contribution in [0.15, 0.2) is 18.2 Å². The van der Waals surface area contributed by atoms with Gasteiger partial charge in [-0.15, -0.1) is 0 Å². The van der Waals surface area contributed by atoms with Crippen molar-refractivity contribution in [2.24, 2.45) is 5.92 Å². The van der Waals surface area contributed by atoms with E-state index in [0.29, 0.717) is 31.7 Å². The maximum absolute atomic E-state index is 13.2. The zero-order chi connectivity index (χ0) is 15.5. The zero-order valence-electron chi connectivity index (χ0n) is 12.0. The van der Waals surface area contributed by atoms with Crippen molar-refractivity contribution in [1.29, 1.82) is 0 Å². The summed E-state index contributed by atoms with van der Waals surface area (Å²) in [5, 5.41) is 0. The highest BCUT2D eigenvalue weighted by Crippen LogP contribution is 2.25. The summed E-state index contributed by atoms with van der Waals surface area (Å²) in [7, 11) is -3.19. The largest absolute Gasteiger partial charge is 0.371 e. The standard InChI is InChI=1S/C14H20F2N2O2S/c1-2-7-21(19,20)17-9-11-5-6-18(10-11)12-3-4-13(15)14(16)8-12/h3-4,8,11,17H,2,5-7,9-10H2,1H3. The molecule has 1 N–H and O–H groups in total. The van der Waals surface area contributed by atoms with Crippen LogP contribution in [0.3, 0.4) is 0 Å². The third-order valence-corrected chi connectivity index (χ3v) is 5.17. The smallest absolute Gasteiger partial charge is 0.211 e. The van der Waals surface area contributed by atoms with Crippen LogP contribution < -0.4 is 9.62 Å². The van der Waals surface area contributed by atoms with Gasteiger partial charge in [0, 0.05) is 31.4 Å². The van der Waals surface area contributed by atoms with E-state index in [1.54, 1.807) is 6.07 Å². The third kappa shape index (κ3) is 4.38. The molecule has 118 valence electrons. The minimum absolute atomic E-state index is 0.132. The van der Waals surface area contributed by atoms with Gasteiger partial charge in [-0.1, -0.05) is 6.92 Å². The number of hydrogen-bond donors (Lipinski definition) is 1. The van der Waals surface area contributed by atoms with E-state index >= 15 is 0 Å². The molecule has 0 saturated carbocycles. The molecule has 7 heteroatoms. The number of anilines is 1. The van der Waals surface area contributed by atoms with Crippen LogP contribution in [-0.4, -0.2) is 33.8 Å². The lowest BCUT2D eigenvalue weighted by molar-refractivity contribution is 0.508. The monoisotopic (exact) mass is 318 g/mol. The van der Waals surface area contributed by atoms with Gasteiger partial charge < -0.3 is 4.90 Å². The number of sulfonamides is 1. The molecule has 0 aliphatic carbocycles. The highest BCUT2D eigenvalue weighted by Gasteiger charge is 2.24. The number of hydrogen-bond acceptors (Lipinski definition) is 3. The van der Waals surface area contributed by atoms with Crippen molar-refractivity contribution >= 4 is 15.7 Å². The van der Waals surface area contributed by atoms with Gasteiger partial charge in [0.15, 0.2) is 11.6 Å². The van der Waals surface area contributed by atoms with E-state index in [0.717, 1.165) is 12.5 Å². The third-order valence-electron chi connectivity index (χ3n) is 3.62. The summed E-state index contributed by atoms with van der Waals surface area (Å²) >= 11 is 0. The van der Waals surface area contributed by atoms with Crippen molar-refractivity contribution in [2.45, 2.75) is 19.8 Å². The number of halogens is 2. The molecule has 0 bridgehead atoms. The molecule has 0 amide bonds. The molecule has 0 radical (unpaired) electrons. The van der Waals surface area contributed by atoms with E-state index in [2.05, 4.69) is 4.72 Å². The van der Waals surface area contributed by atoms with Crippen molar-refractivity contribution in [3.8, 4) is 0 Å². The Morgan fingerprint density at radius 3 is 2.76 bits per heavy atom. The summed E-state index contributed by atoms with van der Waals surface area (Å²) in [6.07, 6.45) is 1.41. The van der Waals surface area contributed by atoms with Crippen LogP contribution in [0.25, 0.3) is 0 Å². The lowest BCUT2D eigenvalue weighted by atomic mass is 10.1. The van der Waals surface area contributed by atoms with Crippen molar-refractivity contribution < 1.29 is 17.2 Å². The molecule has 1 aromatic carbocycles. The quantitative estimate of drug-likeness (QED) is 0.874. The van der Waals surface area contributed by atoms with Gasteiger partial charge in [-0.25, -0.2) is 21.9 Å². The Kier molecular flexibility index (Phi) is 5.16. The number of benzene rings is 1. The van der Waals surface area contributed by atoms with Gasteiger partial charge >= 0.3 is 0 Å². The Bertz CT molecular complexity index is 593. The van der Waals surface area contributed by atoms with Crippen LogP contribution in [0.5, 0.6) is 0 Å². The van der Waals surface area contributed by atoms with Crippen molar-refractivity contribution in [3.63, 3.8) is 0 Å². The fourth-order valence-corrected chi connectivity index (χ4v) is 3.67. The highest BCUT2D eigenvalue weighted by atomic mass is 32.2. The first-order valence-electron chi connectivity index (χ1n) is 7.08. The Hall–Kier alpha value is -1.21. The van der Waals surface area contributed by atoms with Gasteiger partial charge in [-0.2, -0.15) is 0 Å². The maximum Gasteiger partial charge on any atom is 0.211 e. The second-order valence-corrected chi connectivity index (χ2v) is 7.29. The molecule has 1 heterocycles. The molecule has 1 aromatic rings. The highest BCUT2D eigenvalue weighted by molar-refractivity contribution is 7.89. The molecule has 4 nitrogen and oxygen atoms in total. The van der Waals surface area contributed by atoms with Gasteiger partial charge in [-0.05, 0) is 30.9 Å². The predicted octanol–water partition coefficient (Wildman–Crippen LogP) is 2.12. The number of rotatable bonds is 6.